The van der Waals surface area contributed by atoms with Gasteiger partial charge in [-0.25, -0.2) is 0 Å². The van der Waals surface area contributed by atoms with Gasteiger partial charge >= 0.3 is 5.97 Å². The van der Waals surface area contributed by atoms with E-state index < -0.39 is 5.97 Å². The third kappa shape index (κ3) is 33.2. The van der Waals surface area contributed by atoms with E-state index in [1.165, 1.54) is 109 Å². The summed E-state index contributed by atoms with van der Waals surface area (Å²) >= 11 is 0. The van der Waals surface area contributed by atoms with E-state index in [4.69, 9.17) is 10.8 Å². The summed E-state index contributed by atoms with van der Waals surface area (Å²) in [7, 11) is 0. The van der Waals surface area contributed by atoms with Crippen molar-refractivity contribution in [3.63, 3.8) is 0 Å². The number of aliphatic carboxylic acids is 1. The Kier molecular flexibility index (Phi) is 29.9. The smallest absolute Gasteiger partial charge is 0.303 e. The van der Waals surface area contributed by atoms with Crippen molar-refractivity contribution in [2.75, 3.05) is 19.6 Å². The maximum atomic E-state index is 10.4. The number of rotatable bonds is 24. The molecule has 0 rings (SSSR count). The fraction of sp³-hybridized carbons (Fsp3) is 0.929. The van der Waals surface area contributed by atoms with Crippen molar-refractivity contribution in [3.8, 4) is 0 Å². The van der Waals surface area contributed by atoms with Gasteiger partial charge < -0.3 is 10.8 Å². The maximum absolute atomic E-state index is 10.4. The molecule has 0 radical (unpaired) electrons. The number of primary amides is 1. The lowest BCUT2D eigenvalue weighted by atomic mass is 10.0. The molecule has 0 saturated heterocycles. The zero-order valence-corrected chi connectivity index (χ0v) is 22.6. The Balaban J connectivity index is 0. The molecule has 0 aliphatic rings. The van der Waals surface area contributed by atoms with E-state index in [-0.39, 0.29) is 5.91 Å². The lowest BCUT2D eigenvalue weighted by Gasteiger charge is -2.14. The van der Waals surface area contributed by atoms with Crippen LogP contribution in [-0.4, -0.2) is 41.5 Å². The zero-order chi connectivity index (χ0) is 25.0. The van der Waals surface area contributed by atoms with Gasteiger partial charge in [0.25, 0.3) is 0 Å². The second-order valence-electron chi connectivity index (χ2n) is 9.44. The summed E-state index contributed by atoms with van der Waals surface area (Å²) in [6.07, 6.45) is 26.1. The minimum atomic E-state index is -0.651. The van der Waals surface area contributed by atoms with Crippen LogP contribution in [0.15, 0.2) is 0 Å². The third-order valence-corrected chi connectivity index (χ3v) is 6.27. The maximum Gasteiger partial charge on any atom is 0.303 e. The average molecular weight is 471 g/mol. The van der Waals surface area contributed by atoms with Crippen LogP contribution < -0.4 is 5.73 Å². The van der Waals surface area contributed by atoms with Crippen LogP contribution >= 0.6 is 0 Å². The number of unbranched alkanes of at least 4 members (excludes halogenated alkanes) is 18. The molecule has 0 aromatic heterocycles. The molecule has 0 aliphatic heterocycles. The number of likely N-dealkylation sites (N-methyl/N-ethyl adjacent to an activating group) is 1. The van der Waals surface area contributed by atoms with Crippen molar-refractivity contribution in [1.29, 1.82) is 0 Å². The van der Waals surface area contributed by atoms with Gasteiger partial charge in [0, 0.05) is 6.42 Å². The van der Waals surface area contributed by atoms with E-state index in [0.29, 0.717) is 13.0 Å². The molecule has 3 N–H and O–H groups in total. The molecule has 5 nitrogen and oxygen atoms in total. The molecule has 0 atom stereocenters. The van der Waals surface area contributed by atoms with Crippen LogP contribution in [-0.2, 0) is 9.59 Å². The Morgan fingerprint density at radius 1 is 0.576 bits per heavy atom. The first-order valence-corrected chi connectivity index (χ1v) is 14.2. The number of carboxylic acid groups (broad SMARTS) is 1. The minimum absolute atomic E-state index is 0.251. The van der Waals surface area contributed by atoms with Gasteiger partial charge in [-0.05, 0) is 19.5 Å². The molecule has 0 fully saturated rings. The molecule has 0 aliphatic carbocycles. The number of carbonyl (C=O) groups is 2. The second-order valence-corrected chi connectivity index (χ2v) is 9.44. The van der Waals surface area contributed by atoms with E-state index in [0.717, 1.165) is 25.9 Å². The van der Waals surface area contributed by atoms with Gasteiger partial charge in [0.05, 0.1) is 6.54 Å². The first-order valence-electron chi connectivity index (χ1n) is 14.2. The van der Waals surface area contributed by atoms with Gasteiger partial charge in [-0.2, -0.15) is 0 Å². The number of hydrogen-bond acceptors (Lipinski definition) is 3. The van der Waals surface area contributed by atoms with Crippen LogP contribution in [0.2, 0.25) is 0 Å². The fourth-order valence-corrected chi connectivity index (χ4v) is 4.02. The highest BCUT2D eigenvalue weighted by Crippen LogP contribution is 2.14. The summed E-state index contributed by atoms with van der Waals surface area (Å²) in [6, 6.07) is 0. The van der Waals surface area contributed by atoms with Gasteiger partial charge in [0.1, 0.15) is 0 Å². The molecular formula is C28H58N2O3. The zero-order valence-electron chi connectivity index (χ0n) is 22.6. The topological polar surface area (TPSA) is 83.6 Å². The van der Waals surface area contributed by atoms with E-state index in [2.05, 4.69) is 6.92 Å². The summed E-state index contributed by atoms with van der Waals surface area (Å²) in [4.78, 5) is 22.7. The van der Waals surface area contributed by atoms with Crippen molar-refractivity contribution < 1.29 is 14.7 Å². The van der Waals surface area contributed by atoms with Crippen LogP contribution in [0, 0.1) is 0 Å². The predicted octanol–water partition coefficient (Wildman–Crippen LogP) is 7.71. The highest BCUT2D eigenvalue weighted by molar-refractivity contribution is 5.75. The third-order valence-electron chi connectivity index (χ3n) is 6.27. The molecular weight excluding hydrogens is 412 g/mol. The average Bonchev–Trinajstić information content (AvgIpc) is 2.79. The molecule has 1 amide bonds. The highest BCUT2D eigenvalue weighted by Gasteiger charge is 2.01. The molecule has 33 heavy (non-hydrogen) atoms. The quantitative estimate of drug-likeness (QED) is 0.141. The number of carbonyl (C=O) groups excluding carboxylic acids is 1. The lowest BCUT2D eigenvalue weighted by molar-refractivity contribution is -0.137. The summed E-state index contributed by atoms with van der Waals surface area (Å²) < 4.78 is 0. The Morgan fingerprint density at radius 3 is 1.09 bits per heavy atom. The van der Waals surface area contributed by atoms with Crippen molar-refractivity contribution in [3.05, 3.63) is 0 Å². The first kappa shape index (κ1) is 34.1. The number of nitrogens with zero attached hydrogens (tertiary/aromatic N) is 1. The number of nitrogens with two attached hydrogens (primary N) is 1. The SMILES string of the molecule is CCCCCCCCCCCCCCCCCCCCCC(=O)O.CCN(CC)CC(N)=O. The van der Waals surface area contributed by atoms with Crippen molar-refractivity contribution in [2.24, 2.45) is 5.73 Å². The summed E-state index contributed by atoms with van der Waals surface area (Å²) in [5.41, 5.74) is 4.96. The van der Waals surface area contributed by atoms with Crippen LogP contribution in [0.4, 0.5) is 0 Å². The number of hydrogen-bond donors (Lipinski definition) is 2. The highest BCUT2D eigenvalue weighted by atomic mass is 16.4. The standard InChI is InChI=1S/C22H44O2.C6H14N2O/c1-2-3-4-5-6-7-8-9-10-11-12-13-14-15-16-17-18-19-20-21-22(23)24;1-3-8(4-2)5-6(7)9/h2-21H2,1H3,(H,23,24);3-5H2,1-2H3,(H2,7,9). The summed E-state index contributed by atoms with van der Waals surface area (Å²) in [5.74, 6) is -0.902. The number of carboxylic acids is 1. The monoisotopic (exact) mass is 470 g/mol. The Morgan fingerprint density at radius 2 is 0.879 bits per heavy atom. The van der Waals surface area contributed by atoms with E-state index in [1.54, 1.807) is 0 Å². The van der Waals surface area contributed by atoms with E-state index in [9.17, 15) is 9.59 Å². The summed E-state index contributed by atoms with van der Waals surface area (Å²) in [5, 5.41) is 8.56. The van der Waals surface area contributed by atoms with Crippen molar-refractivity contribution >= 4 is 11.9 Å². The molecule has 0 saturated carbocycles. The van der Waals surface area contributed by atoms with E-state index in [1.807, 2.05) is 18.7 Å². The Bertz CT molecular complexity index is 412. The Hall–Kier alpha value is -1.10. The molecule has 0 heterocycles. The van der Waals surface area contributed by atoms with Crippen molar-refractivity contribution in [1.82, 2.24) is 4.90 Å². The molecule has 5 heteroatoms. The first-order chi connectivity index (χ1) is 16.0. The molecule has 0 aromatic carbocycles. The second kappa shape index (κ2) is 28.9. The molecule has 0 unspecified atom stereocenters. The predicted molar refractivity (Wildman–Crippen MR) is 143 cm³/mol. The molecule has 0 aromatic rings. The van der Waals surface area contributed by atoms with Crippen LogP contribution in [0.5, 0.6) is 0 Å². The van der Waals surface area contributed by atoms with Crippen molar-refractivity contribution in [2.45, 2.75) is 149 Å². The largest absolute Gasteiger partial charge is 0.481 e. The molecule has 0 bridgehead atoms. The number of amides is 1. The molecule has 198 valence electrons. The van der Waals surface area contributed by atoms with Crippen LogP contribution in [0.1, 0.15) is 149 Å². The molecule has 0 spiro atoms. The fourth-order valence-electron chi connectivity index (χ4n) is 4.02. The lowest BCUT2D eigenvalue weighted by Crippen LogP contribution is -2.33. The normalized spacial score (nSPS) is 10.8. The van der Waals surface area contributed by atoms with Gasteiger partial charge in [-0.3, -0.25) is 14.5 Å². The van der Waals surface area contributed by atoms with Crippen LogP contribution in [0.3, 0.4) is 0 Å². The Labute approximate surface area is 206 Å². The van der Waals surface area contributed by atoms with Gasteiger partial charge in [0.2, 0.25) is 5.91 Å². The summed E-state index contributed by atoms with van der Waals surface area (Å²) in [6.45, 7) is 8.45. The van der Waals surface area contributed by atoms with Gasteiger partial charge in [-0.15, -0.1) is 0 Å². The minimum Gasteiger partial charge on any atom is -0.481 e. The van der Waals surface area contributed by atoms with Gasteiger partial charge in [0.15, 0.2) is 0 Å². The van der Waals surface area contributed by atoms with E-state index >= 15 is 0 Å². The van der Waals surface area contributed by atoms with Crippen LogP contribution in [0.25, 0.3) is 0 Å². The van der Waals surface area contributed by atoms with Gasteiger partial charge in [-0.1, -0.05) is 136 Å².